The largest absolute Gasteiger partial charge is 0.377 e. The van der Waals surface area contributed by atoms with E-state index < -0.39 is 0 Å². The number of aromatic nitrogens is 2. The first-order chi connectivity index (χ1) is 10.7. The van der Waals surface area contributed by atoms with Crippen LogP contribution in [0.1, 0.15) is 37.7 Å². The second-order valence-corrected chi connectivity index (χ2v) is 6.77. The monoisotopic (exact) mass is 305 g/mol. The maximum atomic E-state index is 12.1. The molecule has 0 N–H and O–H groups in total. The summed E-state index contributed by atoms with van der Waals surface area (Å²) in [6.07, 6.45) is 9.82. The molecule has 0 amide bonds. The van der Waals surface area contributed by atoms with E-state index >= 15 is 0 Å². The van der Waals surface area contributed by atoms with Gasteiger partial charge in [-0.1, -0.05) is 0 Å². The summed E-state index contributed by atoms with van der Waals surface area (Å²) in [5.74, 6) is 0.588. The van der Waals surface area contributed by atoms with Crippen molar-refractivity contribution in [2.24, 2.45) is 5.92 Å². The normalized spacial score (nSPS) is 24.5. The van der Waals surface area contributed by atoms with Crippen LogP contribution in [0.25, 0.3) is 0 Å². The van der Waals surface area contributed by atoms with Gasteiger partial charge in [0.05, 0.1) is 12.4 Å². The fourth-order valence-corrected chi connectivity index (χ4v) is 3.56. The van der Waals surface area contributed by atoms with Crippen LogP contribution in [0.5, 0.6) is 0 Å². The molecule has 2 saturated heterocycles. The van der Waals surface area contributed by atoms with E-state index in [-0.39, 0.29) is 5.56 Å². The summed E-state index contributed by atoms with van der Waals surface area (Å²) in [5, 5.41) is 0. The molecule has 1 aromatic heterocycles. The Hall–Kier alpha value is -1.20. The molecule has 3 rings (SSSR count). The van der Waals surface area contributed by atoms with E-state index in [0.717, 1.165) is 51.2 Å². The zero-order chi connectivity index (χ0) is 15.4. The Morgan fingerprint density at radius 1 is 1.23 bits per heavy atom. The van der Waals surface area contributed by atoms with Gasteiger partial charge in [-0.2, -0.15) is 0 Å². The van der Waals surface area contributed by atoms with E-state index in [1.54, 1.807) is 17.1 Å². The van der Waals surface area contributed by atoms with Gasteiger partial charge in [-0.05, 0) is 58.0 Å². The second-order valence-electron chi connectivity index (χ2n) is 6.77. The molecule has 1 unspecified atom stereocenters. The highest BCUT2D eigenvalue weighted by atomic mass is 16.5. The molecule has 0 spiro atoms. The van der Waals surface area contributed by atoms with Gasteiger partial charge in [0.2, 0.25) is 0 Å². The predicted octanol–water partition coefficient (Wildman–Crippen LogP) is 1.83. The summed E-state index contributed by atoms with van der Waals surface area (Å²) in [5.41, 5.74) is 0.836. The Labute approximate surface area is 132 Å². The van der Waals surface area contributed by atoms with E-state index in [1.807, 2.05) is 6.92 Å². The van der Waals surface area contributed by atoms with E-state index in [9.17, 15) is 4.79 Å². The van der Waals surface area contributed by atoms with E-state index in [4.69, 9.17) is 4.74 Å². The van der Waals surface area contributed by atoms with Crippen LogP contribution in [0.4, 0.5) is 0 Å². The van der Waals surface area contributed by atoms with Gasteiger partial charge in [0.15, 0.2) is 0 Å². The van der Waals surface area contributed by atoms with Gasteiger partial charge >= 0.3 is 0 Å². The molecule has 22 heavy (non-hydrogen) atoms. The van der Waals surface area contributed by atoms with Gasteiger partial charge in [0.1, 0.15) is 0 Å². The third kappa shape index (κ3) is 3.96. The lowest BCUT2D eigenvalue weighted by molar-refractivity contribution is -0.0117. The highest BCUT2D eigenvalue weighted by molar-refractivity contribution is 5.00. The topological polar surface area (TPSA) is 47.4 Å². The van der Waals surface area contributed by atoms with Crippen molar-refractivity contribution in [1.29, 1.82) is 0 Å². The zero-order valence-corrected chi connectivity index (χ0v) is 13.5. The molecule has 5 nitrogen and oxygen atoms in total. The van der Waals surface area contributed by atoms with Crippen molar-refractivity contribution in [3.05, 3.63) is 28.4 Å². The number of likely N-dealkylation sites (tertiary alicyclic amines) is 1. The number of rotatable bonds is 4. The quantitative estimate of drug-likeness (QED) is 0.851. The van der Waals surface area contributed by atoms with Gasteiger partial charge in [-0.3, -0.25) is 9.36 Å². The van der Waals surface area contributed by atoms with Crippen molar-refractivity contribution in [3.63, 3.8) is 0 Å². The highest BCUT2D eigenvalue weighted by Crippen LogP contribution is 2.21. The zero-order valence-electron chi connectivity index (χ0n) is 13.5. The molecule has 2 aliphatic heterocycles. The van der Waals surface area contributed by atoms with Crippen molar-refractivity contribution in [1.82, 2.24) is 14.5 Å². The Bertz CT molecular complexity index is 529. The summed E-state index contributed by atoms with van der Waals surface area (Å²) >= 11 is 0. The lowest BCUT2D eigenvalue weighted by atomic mass is 9.96. The van der Waals surface area contributed by atoms with Crippen molar-refractivity contribution < 1.29 is 4.74 Å². The number of ether oxygens (including phenoxy) is 1. The molecule has 1 aromatic rings. The van der Waals surface area contributed by atoms with Crippen LogP contribution >= 0.6 is 0 Å². The van der Waals surface area contributed by atoms with Gasteiger partial charge in [0, 0.05) is 31.5 Å². The lowest BCUT2D eigenvalue weighted by Gasteiger charge is -2.35. The van der Waals surface area contributed by atoms with Crippen LogP contribution < -0.4 is 5.56 Å². The Balaban J connectivity index is 1.47. The van der Waals surface area contributed by atoms with Crippen LogP contribution in [-0.2, 0) is 11.3 Å². The maximum absolute atomic E-state index is 12.1. The van der Waals surface area contributed by atoms with Gasteiger partial charge in [0.25, 0.3) is 5.56 Å². The minimum atomic E-state index is 0.105. The third-order valence-corrected chi connectivity index (χ3v) is 4.97. The summed E-state index contributed by atoms with van der Waals surface area (Å²) in [6.45, 7) is 6.90. The molecule has 0 saturated carbocycles. The summed E-state index contributed by atoms with van der Waals surface area (Å²) in [4.78, 5) is 18.7. The average molecular weight is 305 g/mol. The smallest absolute Gasteiger partial charge is 0.256 e. The molecule has 5 heteroatoms. The molecule has 0 aromatic carbocycles. The molecule has 1 atom stereocenters. The van der Waals surface area contributed by atoms with Crippen molar-refractivity contribution >= 4 is 0 Å². The van der Waals surface area contributed by atoms with Crippen LogP contribution in [0.15, 0.2) is 17.3 Å². The number of hydrogen-bond donors (Lipinski definition) is 0. The summed E-state index contributed by atoms with van der Waals surface area (Å²) in [6, 6.07) is 0. The number of aryl methyl sites for hydroxylation is 1. The molecule has 0 aliphatic carbocycles. The van der Waals surface area contributed by atoms with E-state index in [2.05, 4.69) is 9.88 Å². The second kappa shape index (κ2) is 7.38. The molecule has 2 fully saturated rings. The first kappa shape index (κ1) is 15.7. The van der Waals surface area contributed by atoms with Crippen LogP contribution in [0.3, 0.4) is 0 Å². The lowest BCUT2D eigenvalue weighted by Crippen LogP contribution is -2.41. The SMILES string of the molecule is Cc1cncn(CC2CCN(CC3CCCCO3)CC2)c1=O. The standard InChI is InChI=1S/C17H27N3O2/c1-14-10-18-13-20(17(14)21)11-15-5-7-19(8-6-15)12-16-4-2-3-9-22-16/h10,13,15-16H,2-9,11-12H2,1H3. The van der Waals surface area contributed by atoms with Crippen molar-refractivity contribution in [3.8, 4) is 0 Å². The fraction of sp³-hybridized carbons (Fsp3) is 0.765. The molecular weight excluding hydrogens is 278 g/mol. The van der Waals surface area contributed by atoms with Gasteiger partial charge in [-0.25, -0.2) is 4.98 Å². The average Bonchev–Trinajstić information content (AvgIpc) is 2.55. The van der Waals surface area contributed by atoms with Crippen LogP contribution in [-0.4, -0.2) is 46.8 Å². The first-order valence-electron chi connectivity index (χ1n) is 8.57. The molecule has 0 radical (unpaired) electrons. The Morgan fingerprint density at radius 3 is 2.77 bits per heavy atom. The Kier molecular flexibility index (Phi) is 5.26. The van der Waals surface area contributed by atoms with Gasteiger partial charge < -0.3 is 9.64 Å². The molecule has 3 heterocycles. The van der Waals surface area contributed by atoms with Crippen molar-refractivity contribution in [2.75, 3.05) is 26.2 Å². The molecular formula is C17H27N3O2. The maximum Gasteiger partial charge on any atom is 0.256 e. The predicted molar refractivity (Wildman–Crippen MR) is 86.0 cm³/mol. The third-order valence-electron chi connectivity index (χ3n) is 4.97. The highest BCUT2D eigenvalue weighted by Gasteiger charge is 2.23. The number of piperidine rings is 1. The van der Waals surface area contributed by atoms with Crippen LogP contribution in [0.2, 0.25) is 0 Å². The summed E-state index contributed by atoms with van der Waals surface area (Å²) in [7, 11) is 0. The first-order valence-corrected chi connectivity index (χ1v) is 8.57. The number of nitrogens with zero attached hydrogens (tertiary/aromatic N) is 3. The molecule has 122 valence electrons. The van der Waals surface area contributed by atoms with E-state index in [1.165, 1.54) is 19.3 Å². The van der Waals surface area contributed by atoms with Gasteiger partial charge in [-0.15, -0.1) is 0 Å². The Morgan fingerprint density at radius 2 is 2.05 bits per heavy atom. The molecule has 0 bridgehead atoms. The summed E-state index contributed by atoms with van der Waals surface area (Å²) < 4.78 is 7.61. The van der Waals surface area contributed by atoms with E-state index in [0.29, 0.717) is 12.0 Å². The number of hydrogen-bond acceptors (Lipinski definition) is 4. The van der Waals surface area contributed by atoms with Crippen molar-refractivity contribution in [2.45, 2.75) is 51.7 Å². The molecule has 2 aliphatic rings. The van der Waals surface area contributed by atoms with Crippen LogP contribution in [0, 0.1) is 12.8 Å². The fourth-order valence-electron chi connectivity index (χ4n) is 3.56. The minimum Gasteiger partial charge on any atom is -0.377 e. The minimum absolute atomic E-state index is 0.105.